The minimum absolute atomic E-state index is 0.118. The van der Waals surface area contributed by atoms with E-state index in [9.17, 15) is 9.90 Å². The largest absolute Gasteiger partial charge is 0.489 e. The first-order valence-electron chi connectivity index (χ1n) is 7.29. The van der Waals surface area contributed by atoms with Crippen LogP contribution in [0.3, 0.4) is 0 Å². The molecule has 1 aromatic heterocycles. The molecule has 120 valence electrons. The van der Waals surface area contributed by atoms with Crippen LogP contribution in [0.4, 0.5) is 0 Å². The van der Waals surface area contributed by atoms with E-state index >= 15 is 0 Å². The SMILES string of the molecule is O=C(O)c1cc(Cl)ncc1-c1ccc(OCc2ccccc2)cc1. The van der Waals surface area contributed by atoms with Crippen LogP contribution in [0.5, 0.6) is 5.75 Å². The molecule has 24 heavy (non-hydrogen) atoms. The number of ether oxygens (including phenoxy) is 1. The van der Waals surface area contributed by atoms with Crippen LogP contribution < -0.4 is 4.74 Å². The minimum Gasteiger partial charge on any atom is -0.489 e. The van der Waals surface area contributed by atoms with Crippen LogP contribution in [0.25, 0.3) is 11.1 Å². The van der Waals surface area contributed by atoms with Crippen molar-refractivity contribution in [3.63, 3.8) is 0 Å². The van der Waals surface area contributed by atoms with Crippen LogP contribution in [0.15, 0.2) is 66.9 Å². The van der Waals surface area contributed by atoms with Crippen LogP contribution >= 0.6 is 11.6 Å². The first-order valence-corrected chi connectivity index (χ1v) is 7.67. The van der Waals surface area contributed by atoms with E-state index < -0.39 is 5.97 Å². The van der Waals surface area contributed by atoms with E-state index in [-0.39, 0.29) is 10.7 Å². The van der Waals surface area contributed by atoms with Gasteiger partial charge in [0.15, 0.2) is 0 Å². The van der Waals surface area contributed by atoms with Gasteiger partial charge in [-0.05, 0) is 29.3 Å². The molecule has 0 aliphatic heterocycles. The lowest BCUT2D eigenvalue weighted by atomic mass is 10.0. The Labute approximate surface area is 144 Å². The fourth-order valence-electron chi connectivity index (χ4n) is 2.31. The topological polar surface area (TPSA) is 59.4 Å². The van der Waals surface area contributed by atoms with Crippen molar-refractivity contribution < 1.29 is 14.6 Å². The van der Waals surface area contributed by atoms with Gasteiger partial charge in [0.2, 0.25) is 0 Å². The summed E-state index contributed by atoms with van der Waals surface area (Å²) in [6.45, 7) is 0.475. The lowest BCUT2D eigenvalue weighted by Crippen LogP contribution is -2.00. The molecule has 2 aromatic carbocycles. The monoisotopic (exact) mass is 339 g/mol. The van der Waals surface area contributed by atoms with Crippen LogP contribution in [-0.4, -0.2) is 16.1 Å². The van der Waals surface area contributed by atoms with Crippen LogP contribution in [0.2, 0.25) is 5.15 Å². The molecule has 1 heterocycles. The number of nitrogens with zero attached hydrogens (tertiary/aromatic N) is 1. The summed E-state index contributed by atoms with van der Waals surface area (Å²) in [5.41, 5.74) is 2.45. The lowest BCUT2D eigenvalue weighted by Gasteiger charge is -2.09. The molecule has 1 N–H and O–H groups in total. The van der Waals surface area contributed by atoms with E-state index in [0.29, 0.717) is 17.9 Å². The molecule has 4 nitrogen and oxygen atoms in total. The summed E-state index contributed by atoms with van der Waals surface area (Å²) in [5, 5.41) is 9.46. The van der Waals surface area contributed by atoms with Crippen molar-refractivity contribution in [1.29, 1.82) is 0 Å². The number of hydrogen-bond acceptors (Lipinski definition) is 3. The third-order valence-corrected chi connectivity index (χ3v) is 3.72. The first kappa shape index (κ1) is 16.0. The molecule has 0 aliphatic rings. The van der Waals surface area contributed by atoms with Gasteiger partial charge >= 0.3 is 5.97 Å². The molecule has 0 amide bonds. The molecule has 0 bridgehead atoms. The van der Waals surface area contributed by atoms with Crippen molar-refractivity contribution in [2.45, 2.75) is 6.61 Å². The molecule has 0 fully saturated rings. The summed E-state index contributed by atoms with van der Waals surface area (Å²) in [4.78, 5) is 15.3. The van der Waals surface area contributed by atoms with Crippen LogP contribution in [0.1, 0.15) is 15.9 Å². The van der Waals surface area contributed by atoms with E-state index in [0.717, 1.165) is 11.1 Å². The van der Waals surface area contributed by atoms with Gasteiger partial charge in [-0.3, -0.25) is 0 Å². The van der Waals surface area contributed by atoms with E-state index in [2.05, 4.69) is 4.98 Å². The Hall–Kier alpha value is -2.85. The molecule has 5 heteroatoms. The molecule has 3 aromatic rings. The van der Waals surface area contributed by atoms with Gasteiger partial charge in [-0.15, -0.1) is 0 Å². The Morgan fingerprint density at radius 1 is 1.08 bits per heavy atom. The molecule has 0 spiro atoms. The second-order valence-electron chi connectivity index (χ2n) is 5.16. The van der Waals surface area contributed by atoms with Crippen molar-refractivity contribution in [3.8, 4) is 16.9 Å². The number of benzene rings is 2. The van der Waals surface area contributed by atoms with Gasteiger partial charge in [-0.2, -0.15) is 0 Å². The zero-order valence-corrected chi connectivity index (χ0v) is 13.4. The Kier molecular flexibility index (Phi) is 4.77. The second-order valence-corrected chi connectivity index (χ2v) is 5.54. The van der Waals surface area contributed by atoms with Crippen molar-refractivity contribution in [3.05, 3.63) is 83.1 Å². The van der Waals surface area contributed by atoms with E-state index in [1.54, 1.807) is 24.3 Å². The van der Waals surface area contributed by atoms with E-state index in [1.165, 1.54) is 12.3 Å². The fourth-order valence-corrected chi connectivity index (χ4v) is 2.47. The highest BCUT2D eigenvalue weighted by Gasteiger charge is 2.13. The molecule has 0 atom stereocenters. The summed E-state index contributed by atoms with van der Waals surface area (Å²) in [6, 6.07) is 18.4. The minimum atomic E-state index is -1.04. The maximum Gasteiger partial charge on any atom is 0.336 e. The third-order valence-electron chi connectivity index (χ3n) is 3.51. The van der Waals surface area contributed by atoms with Gasteiger partial charge in [0.1, 0.15) is 17.5 Å². The maximum absolute atomic E-state index is 11.4. The number of aromatic nitrogens is 1. The highest BCUT2D eigenvalue weighted by molar-refractivity contribution is 6.29. The van der Waals surface area contributed by atoms with Crippen molar-refractivity contribution in [2.24, 2.45) is 0 Å². The summed E-state index contributed by atoms with van der Waals surface area (Å²) >= 11 is 5.78. The number of aromatic carboxylic acids is 1. The summed E-state index contributed by atoms with van der Waals surface area (Å²) in [6.07, 6.45) is 1.46. The highest BCUT2D eigenvalue weighted by Crippen LogP contribution is 2.27. The Balaban J connectivity index is 1.79. The quantitative estimate of drug-likeness (QED) is 0.686. The highest BCUT2D eigenvalue weighted by atomic mass is 35.5. The maximum atomic E-state index is 11.4. The van der Waals surface area contributed by atoms with Gasteiger partial charge in [0.05, 0.1) is 5.56 Å². The number of pyridine rings is 1. The Morgan fingerprint density at radius 2 is 1.79 bits per heavy atom. The molecule has 0 aliphatic carbocycles. The van der Waals surface area contributed by atoms with Gasteiger partial charge in [-0.1, -0.05) is 54.1 Å². The van der Waals surface area contributed by atoms with Crippen LogP contribution in [0, 0.1) is 0 Å². The average molecular weight is 340 g/mol. The molecule has 0 unspecified atom stereocenters. The van der Waals surface area contributed by atoms with Crippen molar-refractivity contribution in [2.75, 3.05) is 0 Å². The zero-order valence-electron chi connectivity index (χ0n) is 12.6. The van der Waals surface area contributed by atoms with Crippen molar-refractivity contribution in [1.82, 2.24) is 4.98 Å². The molecule has 3 rings (SSSR count). The lowest BCUT2D eigenvalue weighted by molar-refractivity contribution is 0.0697. The summed E-state index contributed by atoms with van der Waals surface area (Å²) < 4.78 is 5.73. The number of carboxylic acid groups (broad SMARTS) is 1. The second kappa shape index (κ2) is 7.15. The normalized spacial score (nSPS) is 10.4. The van der Waals surface area contributed by atoms with Gasteiger partial charge in [0, 0.05) is 11.8 Å². The van der Waals surface area contributed by atoms with Crippen LogP contribution in [-0.2, 0) is 6.61 Å². The number of rotatable bonds is 5. The Morgan fingerprint density at radius 3 is 2.46 bits per heavy atom. The summed E-state index contributed by atoms with van der Waals surface area (Å²) in [5.74, 6) is -0.333. The fraction of sp³-hybridized carbons (Fsp3) is 0.0526. The molecular formula is C19H14ClNO3. The van der Waals surface area contributed by atoms with Gasteiger partial charge < -0.3 is 9.84 Å². The third kappa shape index (κ3) is 3.73. The average Bonchev–Trinajstić information content (AvgIpc) is 2.61. The van der Waals surface area contributed by atoms with Gasteiger partial charge in [-0.25, -0.2) is 9.78 Å². The molecule has 0 saturated heterocycles. The van der Waals surface area contributed by atoms with Gasteiger partial charge in [0.25, 0.3) is 0 Å². The van der Waals surface area contributed by atoms with E-state index in [1.807, 2.05) is 30.3 Å². The molecule has 0 radical (unpaired) electrons. The molecule has 0 saturated carbocycles. The number of hydrogen-bond donors (Lipinski definition) is 1. The Bertz CT molecular complexity index is 848. The smallest absolute Gasteiger partial charge is 0.336 e. The number of carbonyl (C=O) groups is 1. The predicted octanol–water partition coefficient (Wildman–Crippen LogP) is 4.68. The predicted molar refractivity (Wildman–Crippen MR) is 92.4 cm³/mol. The zero-order chi connectivity index (χ0) is 16.9. The summed E-state index contributed by atoms with van der Waals surface area (Å²) in [7, 11) is 0. The number of carboxylic acids is 1. The first-order chi connectivity index (χ1) is 11.6. The molecular weight excluding hydrogens is 326 g/mol. The van der Waals surface area contributed by atoms with Crippen molar-refractivity contribution >= 4 is 17.6 Å². The number of halogens is 1. The van der Waals surface area contributed by atoms with E-state index in [4.69, 9.17) is 16.3 Å². The standard InChI is InChI=1S/C19H14ClNO3/c20-18-10-16(19(22)23)17(11-21-18)14-6-8-15(9-7-14)24-12-13-4-2-1-3-5-13/h1-11H,12H2,(H,22,23).